The molecule has 2 heterocycles. The fraction of sp³-hybridized carbons (Fsp3) is 0.917. The molecule has 1 N–H and O–H groups in total. The first-order valence-electron chi connectivity index (χ1n) is 6.35. The number of likely N-dealkylation sites (tertiary alicyclic amines) is 1. The Morgan fingerprint density at radius 2 is 2.00 bits per heavy atom. The van der Waals surface area contributed by atoms with Crippen LogP contribution in [0.2, 0.25) is 0 Å². The van der Waals surface area contributed by atoms with Crippen LogP contribution < -0.4 is 5.32 Å². The van der Waals surface area contributed by atoms with Gasteiger partial charge in [0, 0.05) is 19.5 Å². The van der Waals surface area contributed by atoms with Crippen molar-refractivity contribution in [2.45, 2.75) is 39.5 Å². The molecular weight excluding hydrogens is 188 g/mol. The molecule has 88 valence electrons. The zero-order chi connectivity index (χ0) is 11.1. The van der Waals surface area contributed by atoms with Gasteiger partial charge in [0.2, 0.25) is 5.91 Å². The Morgan fingerprint density at radius 1 is 1.33 bits per heavy atom. The van der Waals surface area contributed by atoms with Gasteiger partial charge in [-0.2, -0.15) is 0 Å². The minimum absolute atomic E-state index is 0.374. The summed E-state index contributed by atoms with van der Waals surface area (Å²) in [5.74, 6) is 1.13. The topological polar surface area (TPSA) is 32.3 Å². The van der Waals surface area contributed by atoms with Gasteiger partial charge in [0.1, 0.15) is 0 Å². The van der Waals surface area contributed by atoms with E-state index in [1.54, 1.807) is 0 Å². The number of hydrogen-bond acceptors (Lipinski definition) is 2. The molecule has 0 aliphatic carbocycles. The third-order valence-electron chi connectivity index (χ3n) is 3.11. The average molecular weight is 212 g/mol. The Balaban J connectivity index is 0.000000531. The van der Waals surface area contributed by atoms with Crippen LogP contribution >= 0.6 is 0 Å². The molecule has 2 aliphatic rings. The predicted molar refractivity (Wildman–Crippen MR) is 62.8 cm³/mol. The highest BCUT2D eigenvalue weighted by Gasteiger charge is 2.23. The van der Waals surface area contributed by atoms with E-state index >= 15 is 0 Å². The Hall–Kier alpha value is -0.570. The molecule has 0 aromatic heterocycles. The lowest BCUT2D eigenvalue weighted by Crippen LogP contribution is -2.36. The predicted octanol–water partition coefficient (Wildman–Crippen LogP) is 1.63. The third-order valence-corrected chi connectivity index (χ3v) is 3.11. The van der Waals surface area contributed by atoms with Crippen molar-refractivity contribution in [1.82, 2.24) is 10.2 Å². The second-order valence-electron chi connectivity index (χ2n) is 4.14. The lowest BCUT2D eigenvalue weighted by Gasteiger charge is -2.27. The van der Waals surface area contributed by atoms with Gasteiger partial charge >= 0.3 is 0 Å². The molecule has 0 spiro atoms. The van der Waals surface area contributed by atoms with E-state index in [1.807, 2.05) is 13.8 Å². The average Bonchev–Trinajstić information content (AvgIpc) is 2.69. The summed E-state index contributed by atoms with van der Waals surface area (Å²) in [5.41, 5.74) is 0. The summed E-state index contributed by atoms with van der Waals surface area (Å²) in [5, 5.41) is 3.35. The van der Waals surface area contributed by atoms with E-state index in [0.717, 1.165) is 44.9 Å². The van der Waals surface area contributed by atoms with E-state index in [1.165, 1.54) is 12.8 Å². The number of piperidine rings is 1. The number of hydrogen-bond donors (Lipinski definition) is 1. The number of carbonyl (C=O) groups excluding carboxylic acids is 1. The number of carbonyl (C=O) groups is 1. The first-order valence-corrected chi connectivity index (χ1v) is 6.35. The summed E-state index contributed by atoms with van der Waals surface area (Å²) >= 11 is 0. The quantitative estimate of drug-likeness (QED) is 0.754. The smallest absolute Gasteiger partial charge is 0.222 e. The van der Waals surface area contributed by atoms with Crippen molar-refractivity contribution in [1.29, 1.82) is 0 Å². The molecule has 3 nitrogen and oxygen atoms in total. The van der Waals surface area contributed by atoms with Gasteiger partial charge in [0.15, 0.2) is 0 Å². The number of nitrogens with one attached hydrogen (secondary N) is 1. The van der Waals surface area contributed by atoms with Crippen LogP contribution in [-0.4, -0.2) is 37.0 Å². The maximum absolute atomic E-state index is 11.4. The van der Waals surface area contributed by atoms with Gasteiger partial charge in [-0.15, -0.1) is 0 Å². The summed E-state index contributed by atoms with van der Waals surface area (Å²) in [6.45, 7) is 8.28. The molecular formula is C12H24N2O. The van der Waals surface area contributed by atoms with Gasteiger partial charge < -0.3 is 10.2 Å². The molecule has 2 fully saturated rings. The van der Waals surface area contributed by atoms with Gasteiger partial charge in [0.25, 0.3) is 0 Å². The molecule has 15 heavy (non-hydrogen) atoms. The summed E-state index contributed by atoms with van der Waals surface area (Å²) in [6.07, 6.45) is 4.34. The van der Waals surface area contributed by atoms with Crippen LogP contribution in [-0.2, 0) is 4.79 Å². The van der Waals surface area contributed by atoms with E-state index in [0.29, 0.717) is 5.91 Å². The van der Waals surface area contributed by atoms with Crippen LogP contribution in [0, 0.1) is 5.92 Å². The molecule has 0 unspecified atom stereocenters. The fourth-order valence-corrected chi connectivity index (χ4v) is 2.27. The number of nitrogens with zero attached hydrogens (tertiary/aromatic N) is 1. The summed E-state index contributed by atoms with van der Waals surface area (Å²) < 4.78 is 0. The highest BCUT2D eigenvalue weighted by atomic mass is 16.2. The van der Waals surface area contributed by atoms with E-state index in [-0.39, 0.29) is 0 Å². The highest BCUT2D eigenvalue weighted by Crippen LogP contribution is 2.17. The van der Waals surface area contributed by atoms with Crippen molar-refractivity contribution in [3.63, 3.8) is 0 Å². The van der Waals surface area contributed by atoms with Crippen molar-refractivity contribution in [2.75, 3.05) is 26.2 Å². The van der Waals surface area contributed by atoms with E-state index in [9.17, 15) is 4.79 Å². The Morgan fingerprint density at radius 3 is 2.53 bits per heavy atom. The van der Waals surface area contributed by atoms with Crippen molar-refractivity contribution in [3.05, 3.63) is 0 Å². The second-order valence-corrected chi connectivity index (χ2v) is 4.14. The minimum atomic E-state index is 0.374. The maximum atomic E-state index is 11.4. The molecule has 0 radical (unpaired) electrons. The Labute approximate surface area is 93.2 Å². The Kier molecular flexibility index (Phi) is 5.69. The molecule has 0 aromatic carbocycles. The lowest BCUT2D eigenvalue weighted by molar-refractivity contribution is -0.128. The maximum Gasteiger partial charge on any atom is 0.222 e. The normalized spacial score (nSPS) is 22.5. The van der Waals surface area contributed by atoms with Crippen LogP contribution in [0.1, 0.15) is 39.5 Å². The van der Waals surface area contributed by atoms with E-state index in [4.69, 9.17) is 0 Å². The summed E-state index contributed by atoms with van der Waals surface area (Å²) in [4.78, 5) is 13.4. The standard InChI is InChI=1S/C10H18N2O.C2H6/c13-10-2-1-7-12(10)8-9-3-5-11-6-4-9;1-2/h9,11H,1-8H2;1-2H3. The monoisotopic (exact) mass is 212 g/mol. The van der Waals surface area contributed by atoms with Crippen LogP contribution in [0.5, 0.6) is 0 Å². The largest absolute Gasteiger partial charge is 0.342 e. The zero-order valence-electron chi connectivity index (χ0n) is 10.1. The molecule has 1 amide bonds. The first-order chi connectivity index (χ1) is 7.36. The van der Waals surface area contributed by atoms with Crippen molar-refractivity contribution in [2.24, 2.45) is 5.92 Å². The van der Waals surface area contributed by atoms with Crippen LogP contribution in [0.15, 0.2) is 0 Å². The molecule has 0 atom stereocenters. The van der Waals surface area contributed by atoms with Crippen LogP contribution in [0.25, 0.3) is 0 Å². The minimum Gasteiger partial charge on any atom is -0.342 e. The van der Waals surface area contributed by atoms with Crippen LogP contribution in [0.4, 0.5) is 0 Å². The van der Waals surface area contributed by atoms with Gasteiger partial charge in [-0.1, -0.05) is 13.8 Å². The molecule has 0 bridgehead atoms. The first kappa shape index (κ1) is 12.5. The van der Waals surface area contributed by atoms with Gasteiger partial charge in [-0.05, 0) is 38.3 Å². The molecule has 2 aliphatic heterocycles. The lowest BCUT2D eigenvalue weighted by atomic mass is 9.98. The van der Waals surface area contributed by atoms with Crippen molar-refractivity contribution >= 4 is 5.91 Å². The van der Waals surface area contributed by atoms with Crippen molar-refractivity contribution < 1.29 is 4.79 Å². The van der Waals surface area contributed by atoms with Gasteiger partial charge in [-0.3, -0.25) is 4.79 Å². The molecule has 3 heteroatoms. The molecule has 2 saturated heterocycles. The van der Waals surface area contributed by atoms with Crippen LogP contribution in [0.3, 0.4) is 0 Å². The third kappa shape index (κ3) is 3.82. The summed E-state index contributed by atoms with van der Waals surface area (Å²) in [6, 6.07) is 0. The molecule has 0 aromatic rings. The number of amides is 1. The number of rotatable bonds is 2. The van der Waals surface area contributed by atoms with Gasteiger partial charge in [-0.25, -0.2) is 0 Å². The summed E-state index contributed by atoms with van der Waals surface area (Å²) in [7, 11) is 0. The zero-order valence-corrected chi connectivity index (χ0v) is 10.1. The Bertz CT molecular complexity index is 188. The highest BCUT2D eigenvalue weighted by molar-refractivity contribution is 5.78. The molecule has 0 saturated carbocycles. The van der Waals surface area contributed by atoms with E-state index < -0.39 is 0 Å². The van der Waals surface area contributed by atoms with Crippen molar-refractivity contribution in [3.8, 4) is 0 Å². The second kappa shape index (κ2) is 6.83. The SMILES string of the molecule is CC.O=C1CCCN1CC1CCNCC1. The fourth-order valence-electron chi connectivity index (χ4n) is 2.27. The molecule has 2 rings (SSSR count). The van der Waals surface area contributed by atoms with Gasteiger partial charge in [0.05, 0.1) is 0 Å². The van der Waals surface area contributed by atoms with E-state index in [2.05, 4.69) is 10.2 Å².